The number of aliphatic hydroxyl groups excluding tert-OH is 1. The van der Waals surface area contributed by atoms with E-state index in [1.54, 1.807) is 6.33 Å². The first kappa shape index (κ1) is 18.6. The van der Waals surface area contributed by atoms with Gasteiger partial charge in [-0.25, -0.2) is 4.98 Å². The number of hydrogen-bond acceptors (Lipinski definition) is 7. The number of imidazole rings is 1. The number of rotatable bonds is 3. The van der Waals surface area contributed by atoms with Gasteiger partial charge in [-0.1, -0.05) is 0 Å². The Bertz CT molecular complexity index is 907. The number of carbonyl (C=O) groups is 1. The summed E-state index contributed by atoms with van der Waals surface area (Å²) in [6.07, 6.45) is 7.65. The van der Waals surface area contributed by atoms with E-state index in [-0.39, 0.29) is 17.6 Å². The number of nitrogens with zero attached hydrogens (tertiary/aromatic N) is 5. The molecule has 3 fully saturated rings. The Hall–Kier alpha value is -2.42. The summed E-state index contributed by atoms with van der Waals surface area (Å²) in [5.74, 6) is 1.65. The first-order valence-electron chi connectivity index (χ1n) is 10.7. The molecule has 1 spiro atoms. The fourth-order valence-corrected chi connectivity index (χ4v) is 5.39. The molecule has 0 unspecified atom stereocenters. The number of piperidine rings is 1. The van der Waals surface area contributed by atoms with Gasteiger partial charge in [-0.2, -0.15) is 9.97 Å². The number of H-pyrrole nitrogens is 1. The number of anilines is 2. The molecule has 1 saturated carbocycles. The smallest absolute Gasteiger partial charge is 0.230 e. The number of aromatic amines is 1. The van der Waals surface area contributed by atoms with E-state index in [2.05, 4.69) is 30.1 Å². The van der Waals surface area contributed by atoms with Crippen LogP contribution < -0.4 is 10.2 Å². The van der Waals surface area contributed by atoms with Crippen molar-refractivity contribution in [3.63, 3.8) is 0 Å². The Morgan fingerprint density at radius 3 is 2.83 bits per heavy atom. The van der Waals surface area contributed by atoms with E-state index < -0.39 is 0 Å². The van der Waals surface area contributed by atoms with Crippen LogP contribution in [-0.2, 0) is 4.79 Å². The highest BCUT2D eigenvalue weighted by Gasteiger charge is 2.51. The van der Waals surface area contributed by atoms with E-state index in [9.17, 15) is 9.90 Å². The summed E-state index contributed by atoms with van der Waals surface area (Å²) in [5, 5.41) is 12.9. The minimum Gasteiger partial charge on any atom is -0.393 e. The third-order valence-corrected chi connectivity index (χ3v) is 7.02. The molecule has 0 bridgehead atoms. The van der Waals surface area contributed by atoms with Gasteiger partial charge < -0.3 is 25.2 Å². The zero-order chi connectivity index (χ0) is 20.0. The Kier molecular flexibility index (Phi) is 4.57. The molecule has 9 nitrogen and oxygen atoms in total. The van der Waals surface area contributed by atoms with Gasteiger partial charge in [0.05, 0.1) is 17.8 Å². The van der Waals surface area contributed by atoms with Crippen LogP contribution in [0.4, 0.5) is 11.8 Å². The molecule has 9 heteroatoms. The van der Waals surface area contributed by atoms with Gasteiger partial charge in [0, 0.05) is 32.7 Å². The topological polar surface area (TPSA) is 110 Å². The summed E-state index contributed by atoms with van der Waals surface area (Å²) in [6.45, 7) is 2.34. The maximum atomic E-state index is 13.5. The third kappa shape index (κ3) is 3.11. The van der Waals surface area contributed by atoms with Gasteiger partial charge in [-0.3, -0.25) is 4.79 Å². The number of aliphatic hydroxyl groups is 1. The number of likely N-dealkylation sites (tertiary alicyclic amines) is 1. The minimum absolute atomic E-state index is 0.196. The summed E-state index contributed by atoms with van der Waals surface area (Å²) in [5.41, 5.74) is 1.10. The SMILES string of the molecule is CNc1nc(N2CCC[C@@]3(CCN(C4CCC(O)CC4)C3=O)C2)nc2nc[nH]c12. The maximum Gasteiger partial charge on any atom is 0.230 e. The molecule has 0 radical (unpaired) electrons. The number of carbonyl (C=O) groups excluding carboxylic acids is 1. The van der Waals surface area contributed by atoms with Crippen molar-refractivity contribution in [1.82, 2.24) is 24.8 Å². The summed E-state index contributed by atoms with van der Waals surface area (Å²) >= 11 is 0. The number of nitrogens with one attached hydrogen (secondary N) is 2. The molecule has 2 aromatic rings. The predicted molar refractivity (Wildman–Crippen MR) is 110 cm³/mol. The molecule has 2 aliphatic heterocycles. The lowest BCUT2D eigenvalue weighted by atomic mass is 9.78. The largest absolute Gasteiger partial charge is 0.393 e. The Balaban J connectivity index is 1.37. The lowest BCUT2D eigenvalue weighted by Crippen LogP contribution is -2.50. The first-order valence-corrected chi connectivity index (χ1v) is 10.7. The fraction of sp³-hybridized carbons (Fsp3) is 0.700. The molecular weight excluding hydrogens is 370 g/mol. The van der Waals surface area contributed by atoms with Crippen molar-refractivity contribution in [1.29, 1.82) is 0 Å². The Morgan fingerprint density at radius 2 is 2.03 bits per heavy atom. The number of aromatic nitrogens is 4. The van der Waals surface area contributed by atoms with Crippen LogP contribution in [-0.4, -0.2) is 74.7 Å². The molecule has 29 heavy (non-hydrogen) atoms. The predicted octanol–water partition coefficient (Wildman–Crippen LogP) is 1.52. The molecule has 4 heterocycles. The molecule has 156 valence electrons. The average Bonchev–Trinajstić information content (AvgIpc) is 3.34. The molecule has 2 aromatic heterocycles. The highest BCUT2D eigenvalue weighted by Crippen LogP contribution is 2.43. The average molecular weight is 399 g/mol. The Morgan fingerprint density at radius 1 is 1.21 bits per heavy atom. The lowest BCUT2D eigenvalue weighted by molar-refractivity contribution is -0.139. The molecule has 1 atom stereocenters. The van der Waals surface area contributed by atoms with Crippen LogP contribution in [0.1, 0.15) is 44.9 Å². The highest BCUT2D eigenvalue weighted by molar-refractivity contribution is 5.87. The third-order valence-electron chi connectivity index (χ3n) is 7.02. The van der Waals surface area contributed by atoms with E-state index in [0.29, 0.717) is 24.0 Å². The molecular formula is C20H29N7O2. The summed E-state index contributed by atoms with van der Waals surface area (Å²) in [4.78, 5) is 34.5. The van der Waals surface area contributed by atoms with Crippen LogP contribution in [0.25, 0.3) is 11.2 Å². The maximum absolute atomic E-state index is 13.5. The van der Waals surface area contributed by atoms with Crippen LogP contribution in [0.15, 0.2) is 6.33 Å². The minimum atomic E-state index is -0.335. The van der Waals surface area contributed by atoms with Gasteiger partial charge in [-0.05, 0) is 44.9 Å². The fourth-order valence-electron chi connectivity index (χ4n) is 5.39. The summed E-state index contributed by atoms with van der Waals surface area (Å²) in [7, 11) is 1.84. The normalized spacial score (nSPS) is 30.5. The second kappa shape index (κ2) is 7.12. The van der Waals surface area contributed by atoms with E-state index in [4.69, 9.17) is 4.98 Å². The van der Waals surface area contributed by atoms with Gasteiger partial charge in [0.2, 0.25) is 11.9 Å². The van der Waals surface area contributed by atoms with Crippen molar-refractivity contribution in [3.05, 3.63) is 6.33 Å². The zero-order valence-electron chi connectivity index (χ0n) is 16.9. The van der Waals surface area contributed by atoms with Crippen LogP contribution in [0.3, 0.4) is 0 Å². The molecule has 1 aliphatic carbocycles. The lowest BCUT2D eigenvalue weighted by Gasteiger charge is -2.40. The second-order valence-corrected chi connectivity index (χ2v) is 8.74. The standard InChI is InChI=1S/C20H29N7O2/c1-21-16-15-17(23-12-22-15)25-19(24-16)26-9-2-7-20(11-26)8-10-27(18(20)29)13-3-5-14(28)6-4-13/h12-14,28H,2-11H2,1H3,(H2,21,22,23,24,25)/t13?,14?,20-/m1/s1. The van der Waals surface area contributed by atoms with E-state index in [1.165, 1.54) is 0 Å². The molecule has 0 aromatic carbocycles. The van der Waals surface area contributed by atoms with E-state index >= 15 is 0 Å². The van der Waals surface area contributed by atoms with E-state index in [1.807, 2.05) is 7.05 Å². The quantitative estimate of drug-likeness (QED) is 0.718. The summed E-state index contributed by atoms with van der Waals surface area (Å²) in [6, 6.07) is 0.285. The Labute approximate surface area is 169 Å². The van der Waals surface area contributed by atoms with Gasteiger partial charge in [-0.15, -0.1) is 0 Å². The van der Waals surface area contributed by atoms with Crippen molar-refractivity contribution in [2.24, 2.45) is 5.41 Å². The molecule has 2 saturated heterocycles. The highest BCUT2D eigenvalue weighted by atomic mass is 16.3. The van der Waals surface area contributed by atoms with Crippen molar-refractivity contribution < 1.29 is 9.90 Å². The monoisotopic (exact) mass is 399 g/mol. The zero-order valence-corrected chi connectivity index (χ0v) is 16.9. The molecule has 1 amide bonds. The van der Waals surface area contributed by atoms with Crippen molar-refractivity contribution in [2.75, 3.05) is 36.9 Å². The van der Waals surface area contributed by atoms with Gasteiger partial charge in [0.15, 0.2) is 11.5 Å². The number of fused-ring (bicyclic) bond motifs is 1. The van der Waals surface area contributed by atoms with Crippen LogP contribution in [0.2, 0.25) is 0 Å². The second-order valence-electron chi connectivity index (χ2n) is 8.74. The molecule has 5 rings (SSSR count). The van der Waals surface area contributed by atoms with Crippen molar-refractivity contribution in [2.45, 2.75) is 57.1 Å². The van der Waals surface area contributed by atoms with Crippen molar-refractivity contribution >= 4 is 28.8 Å². The van der Waals surface area contributed by atoms with Crippen LogP contribution in [0, 0.1) is 5.41 Å². The number of amides is 1. The van der Waals surface area contributed by atoms with E-state index in [0.717, 1.165) is 69.4 Å². The van der Waals surface area contributed by atoms with Crippen molar-refractivity contribution in [3.8, 4) is 0 Å². The van der Waals surface area contributed by atoms with Gasteiger partial charge in [0.1, 0.15) is 5.52 Å². The molecule has 3 aliphatic rings. The van der Waals surface area contributed by atoms with Gasteiger partial charge in [0.25, 0.3) is 0 Å². The number of hydrogen-bond donors (Lipinski definition) is 3. The van der Waals surface area contributed by atoms with Gasteiger partial charge >= 0.3 is 0 Å². The summed E-state index contributed by atoms with van der Waals surface area (Å²) < 4.78 is 0. The first-order chi connectivity index (χ1) is 14.1. The molecule has 3 N–H and O–H groups in total. The van der Waals surface area contributed by atoms with Crippen LogP contribution in [0.5, 0.6) is 0 Å². The van der Waals surface area contributed by atoms with Crippen LogP contribution >= 0.6 is 0 Å².